The standard InChI is InChI=1S/C21H37BrO7/c1-9-7-10(2)17(25)12(4)19(27)14(6)21(28)29-20(15(23)8-22)13(5)18(26)11(3)16(9)24/h9-15,17-20,23,25-27H,7-8H2,1-6H3/t9-,10+,11+,12-,13-,14-,15?,17+,18?,19+,20+/m1/s1. The Morgan fingerprint density at radius 2 is 1.45 bits per heavy atom. The summed E-state index contributed by atoms with van der Waals surface area (Å²) in [6.07, 6.45) is -4.95. The van der Waals surface area contributed by atoms with E-state index in [0.29, 0.717) is 6.42 Å². The van der Waals surface area contributed by atoms with E-state index < -0.39 is 66.1 Å². The molecule has 2 unspecified atom stereocenters. The number of aliphatic hydroxyl groups excluding tert-OH is 4. The van der Waals surface area contributed by atoms with Crippen LogP contribution in [0.1, 0.15) is 48.0 Å². The van der Waals surface area contributed by atoms with Crippen molar-refractivity contribution in [2.75, 3.05) is 5.33 Å². The van der Waals surface area contributed by atoms with Gasteiger partial charge in [-0.25, -0.2) is 0 Å². The average Bonchev–Trinajstić information content (AvgIpc) is 2.71. The second-order valence-electron chi connectivity index (χ2n) is 8.91. The van der Waals surface area contributed by atoms with Gasteiger partial charge in [0.25, 0.3) is 0 Å². The minimum Gasteiger partial charge on any atom is -0.459 e. The first-order valence-corrected chi connectivity index (χ1v) is 11.5. The summed E-state index contributed by atoms with van der Waals surface area (Å²) in [5, 5.41) is 42.5. The number of aliphatic hydroxyl groups is 4. The molecule has 0 amide bonds. The van der Waals surface area contributed by atoms with E-state index in [0.717, 1.165) is 0 Å². The number of hydrogen-bond acceptors (Lipinski definition) is 7. The van der Waals surface area contributed by atoms with Gasteiger partial charge in [0.1, 0.15) is 18.0 Å². The van der Waals surface area contributed by atoms with Gasteiger partial charge in [0, 0.05) is 29.0 Å². The van der Waals surface area contributed by atoms with Crippen LogP contribution in [0.15, 0.2) is 0 Å². The van der Waals surface area contributed by atoms with Crippen molar-refractivity contribution in [2.24, 2.45) is 35.5 Å². The van der Waals surface area contributed by atoms with Crippen molar-refractivity contribution >= 4 is 27.7 Å². The third-order valence-corrected chi connectivity index (χ3v) is 7.23. The van der Waals surface area contributed by atoms with Crippen LogP contribution in [-0.2, 0) is 14.3 Å². The predicted octanol–water partition coefficient (Wildman–Crippen LogP) is 1.53. The number of alkyl halides is 1. The van der Waals surface area contributed by atoms with Gasteiger partial charge in [-0.3, -0.25) is 9.59 Å². The van der Waals surface area contributed by atoms with Crippen molar-refractivity contribution in [1.82, 2.24) is 0 Å². The molecule has 0 aromatic carbocycles. The molecule has 0 aliphatic carbocycles. The Hall–Kier alpha value is -0.540. The second-order valence-corrected chi connectivity index (χ2v) is 9.55. The molecule has 7 nitrogen and oxygen atoms in total. The quantitative estimate of drug-likeness (QED) is 0.348. The van der Waals surface area contributed by atoms with Gasteiger partial charge in [-0.2, -0.15) is 0 Å². The zero-order valence-corrected chi connectivity index (χ0v) is 19.7. The number of esters is 1. The molecule has 1 fully saturated rings. The van der Waals surface area contributed by atoms with Crippen molar-refractivity contribution < 1.29 is 34.8 Å². The van der Waals surface area contributed by atoms with Gasteiger partial charge < -0.3 is 25.2 Å². The Kier molecular flexibility index (Phi) is 10.2. The summed E-state index contributed by atoms with van der Waals surface area (Å²) in [6.45, 7) is 10.00. The molecule has 8 heteroatoms. The lowest BCUT2D eigenvalue weighted by Crippen LogP contribution is -2.49. The number of halogens is 1. The highest BCUT2D eigenvalue weighted by Gasteiger charge is 2.42. The second kappa shape index (κ2) is 11.2. The Morgan fingerprint density at radius 1 is 0.931 bits per heavy atom. The molecule has 0 aromatic rings. The lowest BCUT2D eigenvalue weighted by atomic mass is 9.77. The van der Waals surface area contributed by atoms with E-state index >= 15 is 0 Å². The fraction of sp³-hybridized carbons (Fsp3) is 0.905. The van der Waals surface area contributed by atoms with Crippen molar-refractivity contribution in [1.29, 1.82) is 0 Å². The maximum absolute atomic E-state index is 12.9. The molecule has 11 atom stereocenters. The van der Waals surface area contributed by atoms with Crippen molar-refractivity contribution in [3.8, 4) is 0 Å². The van der Waals surface area contributed by atoms with E-state index in [-0.39, 0.29) is 17.0 Å². The zero-order chi connectivity index (χ0) is 22.6. The molecule has 0 bridgehead atoms. The molecule has 1 rings (SSSR count). The summed E-state index contributed by atoms with van der Waals surface area (Å²) < 4.78 is 5.50. The number of hydrogen-bond donors (Lipinski definition) is 4. The van der Waals surface area contributed by atoms with Crippen molar-refractivity contribution in [3.05, 3.63) is 0 Å². The van der Waals surface area contributed by atoms with E-state index in [9.17, 15) is 30.0 Å². The molecule has 4 N–H and O–H groups in total. The summed E-state index contributed by atoms with van der Waals surface area (Å²) in [4.78, 5) is 25.5. The van der Waals surface area contributed by atoms with Gasteiger partial charge in [-0.15, -0.1) is 0 Å². The maximum atomic E-state index is 12.9. The average molecular weight is 481 g/mol. The molecule has 1 saturated heterocycles. The largest absolute Gasteiger partial charge is 0.459 e. The topological polar surface area (TPSA) is 124 Å². The van der Waals surface area contributed by atoms with Crippen LogP contribution in [0.25, 0.3) is 0 Å². The van der Waals surface area contributed by atoms with Crippen LogP contribution in [0.3, 0.4) is 0 Å². The van der Waals surface area contributed by atoms with Crippen LogP contribution in [0.5, 0.6) is 0 Å². The zero-order valence-electron chi connectivity index (χ0n) is 18.2. The number of rotatable bonds is 2. The van der Waals surface area contributed by atoms with Crippen LogP contribution in [0, 0.1) is 35.5 Å². The Bertz CT molecular complexity index is 557. The summed E-state index contributed by atoms with van der Waals surface area (Å²) >= 11 is 3.16. The molecule has 0 saturated carbocycles. The summed E-state index contributed by atoms with van der Waals surface area (Å²) in [6, 6.07) is 0. The van der Waals surface area contributed by atoms with E-state index in [1.54, 1.807) is 34.6 Å². The number of carbonyl (C=O) groups is 2. The van der Waals surface area contributed by atoms with Gasteiger partial charge in [-0.1, -0.05) is 50.5 Å². The Balaban J connectivity index is 3.32. The molecule has 29 heavy (non-hydrogen) atoms. The fourth-order valence-corrected chi connectivity index (χ4v) is 4.63. The molecule has 1 aliphatic rings. The summed E-state index contributed by atoms with van der Waals surface area (Å²) in [5.41, 5.74) is 0. The Morgan fingerprint density at radius 3 is 1.97 bits per heavy atom. The first-order chi connectivity index (χ1) is 13.3. The van der Waals surface area contributed by atoms with Gasteiger partial charge in [0.15, 0.2) is 0 Å². The highest BCUT2D eigenvalue weighted by atomic mass is 79.9. The molecule has 1 heterocycles. The number of carbonyl (C=O) groups excluding carboxylic acids is 2. The monoisotopic (exact) mass is 480 g/mol. The number of ether oxygens (including phenoxy) is 1. The fourth-order valence-electron chi connectivity index (χ4n) is 4.26. The van der Waals surface area contributed by atoms with Crippen LogP contribution >= 0.6 is 15.9 Å². The summed E-state index contributed by atoms with van der Waals surface area (Å²) in [7, 11) is 0. The molecular formula is C21H37BrO7. The van der Waals surface area contributed by atoms with E-state index in [1.807, 2.05) is 0 Å². The van der Waals surface area contributed by atoms with Crippen molar-refractivity contribution in [3.63, 3.8) is 0 Å². The number of Topliss-reactive ketones (excluding diaryl/α,β-unsaturated/α-hetero) is 1. The van der Waals surface area contributed by atoms with Gasteiger partial charge >= 0.3 is 5.97 Å². The normalized spacial score (nSPS) is 44.7. The summed E-state index contributed by atoms with van der Waals surface area (Å²) in [5.74, 6) is -4.53. The SMILES string of the molecule is C[C@@H]1[C@@H](O)[C@@H](C)C[C@@H](C)C(=O)[C@H](C)C(O)[C@@H](C)[C@@H](C(O)CBr)OC(=O)[C@H](C)[C@H]1O. The minimum atomic E-state index is -1.16. The molecule has 1 aliphatic heterocycles. The van der Waals surface area contributed by atoms with Gasteiger partial charge in [0.2, 0.25) is 0 Å². The van der Waals surface area contributed by atoms with Crippen molar-refractivity contribution in [2.45, 2.75) is 78.5 Å². The maximum Gasteiger partial charge on any atom is 0.311 e. The van der Waals surface area contributed by atoms with Crippen LogP contribution in [0.4, 0.5) is 0 Å². The van der Waals surface area contributed by atoms with Crippen LogP contribution < -0.4 is 0 Å². The van der Waals surface area contributed by atoms with Crippen LogP contribution in [0.2, 0.25) is 0 Å². The van der Waals surface area contributed by atoms with Gasteiger partial charge in [-0.05, 0) is 19.3 Å². The number of cyclic esters (lactones) is 1. The minimum absolute atomic E-state index is 0.115. The highest BCUT2D eigenvalue weighted by molar-refractivity contribution is 9.09. The van der Waals surface area contributed by atoms with E-state index in [1.165, 1.54) is 6.92 Å². The number of ketones is 1. The van der Waals surface area contributed by atoms with Gasteiger partial charge in [0.05, 0.1) is 24.2 Å². The predicted molar refractivity (Wildman–Crippen MR) is 112 cm³/mol. The third kappa shape index (κ3) is 6.23. The lowest BCUT2D eigenvalue weighted by molar-refractivity contribution is -0.173. The van der Waals surface area contributed by atoms with E-state index in [2.05, 4.69) is 15.9 Å². The molecular weight excluding hydrogens is 444 g/mol. The van der Waals surface area contributed by atoms with E-state index in [4.69, 9.17) is 4.74 Å². The smallest absolute Gasteiger partial charge is 0.311 e. The third-order valence-electron chi connectivity index (χ3n) is 6.56. The Labute approximate surface area is 182 Å². The molecule has 0 spiro atoms. The first kappa shape index (κ1) is 26.5. The highest BCUT2D eigenvalue weighted by Crippen LogP contribution is 2.31. The lowest BCUT2D eigenvalue weighted by Gasteiger charge is -2.37. The van der Waals surface area contributed by atoms with Crippen LogP contribution in [-0.4, -0.2) is 68.0 Å². The first-order valence-electron chi connectivity index (χ1n) is 10.4. The molecule has 0 radical (unpaired) electrons. The molecule has 170 valence electrons. The molecule has 0 aromatic heterocycles.